The van der Waals surface area contributed by atoms with Gasteiger partial charge in [0.25, 0.3) is 0 Å². The number of allylic oxidation sites excluding steroid dienone is 3. The third kappa shape index (κ3) is 6.00. The smallest absolute Gasteiger partial charge is 0.330 e. The summed E-state index contributed by atoms with van der Waals surface area (Å²) in [4.78, 5) is 11.3. The van der Waals surface area contributed by atoms with Crippen LogP contribution in [0.3, 0.4) is 0 Å². The van der Waals surface area contributed by atoms with Gasteiger partial charge in [0.15, 0.2) is 0 Å². The highest BCUT2D eigenvalue weighted by Gasteiger charge is 2.38. The van der Waals surface area contributed by atoms with E-state index in [2.05, 4.69) is 39.9 Å². The molecule has 0 spiro atoms. The average molecular weight is 347 g/mol. The molecule has 0 N–H and O–H groups in total. The van der Waals surface area contributed by atoms with Crippen molar-refractivity contribution in [3.8, 4) is 5.75 Å². The zero-order valence-corrected chi connectivity index (χ0v) is 17.0. The van der Waals surface area contributed by atoms with Gasteiger partial charge in [0, 0.05) is 6.08 Å². The van der Waals surface area contributed by atoms with Crippen LogP contribution in [0, 0.1) is 0 Å². The third-order valence-electron chi connectivity index (χ3n) is 4.33. The van der Waals surface area contributed by atoms with Gasteiger partial charge in [-0.3, -0.25) is 0 Å². The Hall–Kier alpha value is -1.81. The molecule has 1 aromatic carbocycles. The number of hydrogen-bond donors (Lipinski definition) is 0. The molecule has 0 radical (unpaired) electrons. The summed E-state index contributed by atoms with van der Waals surface area (Å²) in [7, 11) is -1.85. The average Bonchev–Trinajstić information content (AvgIpc) is 2.46. The Balaban J connectivity index is 2.90. The van der Waals surface area contributed by atoms with Gasteiger partial charge in [-0.2, -0.15) is 0 Å². The van der Waals surface area contributed by atoms with E-state index in [9.17, 15) is 4.79 Å². The molecule has 0 bridgehead atoms. The third-order valence-corrected chi connectivity index (χ3v) is 8.69. The second kappa shape index (κ2) is 8.33. The minimum atomic E-state index is -1.85. The van der Waals surface area contributed by atoms with Crippen LogP contribution in [0.15, 0.2) is 42.5 Å². The lowest BCUT2D eigenvalue weighted by Crippen LogP contribution is -2.43. The lowest BCUT2D eigenvalue weighted by atomic mass is 10.1. The highest BCUT2D eigenvalue weighted by atomic mass is 28.4. The predicted octanol–water partition coefficient (Wildman–Crippen LogP) is 5.59. The van der Waals surface area contributed by atoms with Gasteiger partial charge in [0.05, 0.1) is 6.61 Å². The van der Waals surface area contributed by atoms with E-state index in [1.165, 1.54) is 6.08 Å². The van der Waals surface area contributed by atoms with E-state index in [0.717, 1.165) is 16.9 Å². The fourth-order valence-corrected chi connectivity index (χ4v) is 2.83. The zero-order chi connectivity index (χ0) is 18.4. The summed E-state index contributed by atoms with van der Waals surface area (Å²) in [5, 5.41) is 0.163. The topological polar surface area (TPSA) is 35.5 Å². The van der Waals surface area contributed by atoms with E-state index in [4.69, 9.17) is 9.16 Å². The van der Waals surface area contributed by atoms with Crippen LogP contribution in [-0.2, 0) is 9.53 Å². The number of rotatable bonds is 6. The summed E-state index contributed by atoms with van der Waals surface area (Å²) in [5.74, 6) is 0.581. The molecule has 0 unspecified atom stereocenters. The maximum Gasteiger partial charge on any atom is 0.330 e. The van der Waals surface area contributed by atoms with Gasteiger partial charge in [-0.1, -0.05) is 45.1 Å². The summed E-state index contributed by atoms with van der Waals surface area (Å²) < 4.78 is 11.2. The molecule has 132 valence electrons. The number of carbonyl (C=O) groups excluding carboxylic acids is 1. The minimum Gasteiger partial charge on any atom is -0.543 e. The molecule has 0 saturated carbocycles. The molecule has 1 rings (SSSR count). The van der Waals surface area contributed by atoms with Crippen molar-refractivity contribution in [3.05, 3.63) is 48.1 Å². The first-order valence-corrected chi connectivity index (χ1v) is 11.3. The summed E-state index contributed by atoms with van der Waals surface area (Å²) in [6.45, 7) is 15.4. The molecule has 0 aliphatic heterocycles. The predicted molar refractivity (Wildman–Crippen MR) is 104 cm³/mol. The quantitative estimate of drug-likeness (QED) is 0.291. The van der Waals surface area contributed by atoms with Gasteiger partial charge >= 0.3 is 5.97 Å². The SMILES string of the molecule is CCOC(=O)/C=C/C=C(/C)c1cccc(O[Si](C)(C)C(C)(C)C)c1. The van der Waals surface area contributed by atoms with E-state index in [0.29, 0.717) is 6.61 Å². The summed E-state index contributed by atoms with van der Waals surface area (Å²) >= 11 is 0. The van der Waals surface area contributed by atoms with Crippen molar-refractivity contribution in [1.29, 1.82) is 0 Å². The molecule has 0 saturated heterocycles. The number of hydrogen-bond acceptors (Lipinski definition) is 3. The largest absolute Gasteiger partial charge is 0.543 e. The van der Waals surface area contributed by atoms with Crippen molar-refractivity contribution >= 4 is 19.9 Å². The zero-order valence-electron chi connectivity index (χ0n) is 16.0. The highest BCUT2D eigenvalue weighted by molar-refractivity contribution is 6.74. The van der Waals surface area contributed by atoms with Crippen molar-refractivity contribution in [2.24, 2.45) is 0 Å². The van der Waals surface area contributed by atoms with E-state index in [1.807, 2.05) is 31.2 Å². The van der Waals surface area contributed by atoms with Gasteiger partial charge in [0.2, 0.25) is 8.32 Å². The standard InChI is InChI=1S/C20H30O3Si/c1-8-22-19(21)14-9-11-16(2)17-12-10-13-18(15-17)23-24(6,7)20(3,4)5/h9-15H,8H2,1-7H3/b14-9+,16-11-. The number of esters is 1. The lowest BCUT2D eigenvalue weighted by Gasteiger charge is -2.36. The van der Waals surface area contributed by atoms with Crippen molar-refractivity contribution in [2.45, 2.75) is 52.8 Å². The highest BCUT2D eigenvalue weighted by Crippen LogP contribution is 2.37. The van der Waals surface area contributed by atoms with Crippen LogP contribution < -0.4 is 4.43 Å². The molecule has 1 aromatic rings. The van der Waals surface area contributed by atoms with Crippen molar-refractivity contribution in [1.82, 2.24) is 0 Å². The Kier molecular flexibility index (Phi) is 7.03. The summed E-state index contributed by atoms with van der Waals surface area (Å²) in [5.41, 5.74) is 2.15. The van der Waals surface area contributed by atoms with Gasteiger partial charge in [-0.15, -0.1) is 0 Å². The summed E-state index contributed by atoms with van der Waals surface area (Å²) in [6.07, 6.45) is 5.06. The number of ether oxygens (including phenoxy) is 1. The van der Waals surface area contributed by atoms with Crippen molar-refractivity contribution < 1.29 is 14.0 Å². The van der Waals surface area contributed by atoms with Crippen LogP contribution in [0.5, 0.6) is 5.75 Å². The van der Waals surface area contributed by atoms with Gasteiger partial charge in [-0.25, -0.2) is 4.79 Å². The first-order valence-electron chi connectivity index (χ1n) is 8.38. The monoisotopic (exact) mass is 346 g/mol. The maximum atomic E-state index is 11.3. The van der Waals surface area contributed by atoms with E-state index < -0.39 is 8.32 Å². The second-order valence-corrected chi connectivity index (χ2v) is 12.1. The van der Waals surface area contributed by atoms with Crippen LogP contribution >= 0.6 is 0 Å². The molecular weight excluding hydrogens is 316 g/mol. The normalized spacial score (nSPS) is 13.2. The fraction of sp³-hybridized carbons (Fsp3) is 0.450. The molecule has 4 heteroatoms. The number of benzene rings is 1. The molecule has 0 fully saturated rings. The molecule has 24 heavy (non-hydrogen) atoms. The van der Waals surface area contributed by atoms with Crippen LogP contribution in [0.2, 0.25) is 18.1 Å². The molecule has 0 aliphatic carbocycles. The van der Waals surface area contributed by atoms with Crippen LogP contribution in [0.25, 0.3) is 5.57 Å². The Bertz CT molecular complexity index is 622. The van der Waals surface area contributed by atoms with Gasteiger partial charge in [0.1, 0.15) is 5.75 Å². The summed E-state index contributed by atoms with van der Waals surface area (Å²) in [6, 6.07) is 8.11. The Morgan fingerprint density at radius 3 is 2.50 bits per heavy atom. The molecule has 0 amide bonds. The molecular formula is C20H30O3Si. The van der Waals surface area contributed by atoms with E-state index >= 15 is 0 Å². The van der Waals surface area contributed by atoms with Gasteiger partial charge < -0.3 is 9.16 Å². The maximum absolute atomic E-state index is 11.3. The van der Waals surface area contributed by atoms with E-state index in [-0.39, 0.29) is 11.0 Å². The fourth-order valence-electron chi connectivity index (χ4n) is 1.81. The first kappa shape index (κ1) is 20.2. The van der Waals surface area contributed by atoms with Crippen molar-refractivity contribution in [2.75, 3.05) is 6.61 Å². The second-order valence-electron chi connectivity index (χ2n) is 7.35. The van der Waals surface area contributed by atoms with Crippen molar-refractivity contribution in [3.63, 3.8) is 0 Å². The van der Waals surface area contributed by atoms with Crippen LogP contribution in [0.4, 0.5) is 0 Å². The molecule has 0 aliphatic rings. The minimum absolute atomic E-state index is 0.163. The molecule has 0 aromatic heterocycles. The first-order chi connectivity index (χ1) is 11.1. The van der Waals surface area contributed by atoms with E-state index in [1.54, 1.807) is 13.0 Å². The Morgan fingerprint density at radius 2 is 1.92 bits per heavy atom. The Morgan fingerprint density at radius 1 is 1.25 bits per heavy atom. The molecule has 0 atom stereocenters. The number of carbonyl (C=O) groups is 1. The van der Waals surface area contributed by atoms with Crippen LogP contribution in [0.1, 0.15) is 40.2 Å². The molecule has 3 nitrogen and oxygen atoms in total. The Labute approximate surface area is 147 Å². The molecule has 0 heterocycles. The lowest BCUT2D eigenvalue weighted by molar-refractivity contribution is -0.137. The van der Waals surface area contributed by atoms with Crippen LogP contribution in [-0.4, -0.2) is 20.9 Å². The van der Waals surface area contributed by atoms with Gasteiger partial charge in [-0.05, 0) is 55.2 Å².